The maximum Gasteiger partial charge on any atom is 0.0510 e. The maximum atomic E-state index is 6.13. The van der Waals surface area contributed by atoms with E-state index in [0.29, 0.717) is 5.92 Å². The SMILES string of the molecule is NNC(Cc1ccccc1Cl)C1CCOC1. The zero-order valence-electron chi connectivity index (χ0n) is 9.16. The highest BCUT2D eigenvalue weighted by Crippen LogP contribution is 2.22. The van der Waals surface area contributed by atoms with Gasteiger partial charge in [0.25, 0.3) is 0 Å². The Balaban J connectivity index is 2.03. The molecule has 0 aromatic heterocycles. The molecule has 0 aliphatic carbocycles. The number of rotatable bonds is 4. The molecule has 1 aromatic rings. The van der Waals surface area contributed by atoms with E-state index in [-0.39, 0.29) is 6.04 Å². The van der Waals surface area contributed by atoms with Gasteiger partial charge >= 0.3 is 0 Å². The van der Waals surface area contributed by atoms with Crippen molar-refractivity contribution in [2.45, 2.75) is 18.9 Å². The molecule has 2 rings (SSSR count). The van der Waals surface area contributed by atoms with Crippen LogP contribution in [0.4, 0.5) is 0 Å². The van der Waals surface area contributed by atoms with Crippen LogP contribution in [-0.2, 0) is 11.2 Å². The number of nitrogens with one attached hydrogen (secondary N) is 1. The van der Waals surface area contributed by atoms with Gasteiger partial charge in [-0.3, -0.25) is 11.3 Å². The minimum Gasteiger partial charge on any atom is -0.381 e. The van der Waals surface area contributed by atoms with Gasteiger partial charge in [-0.2, -0.15) is 0 Å². The molecule has 1 heterocycles. The summed E-state index contributed by atoms with van der Waals surface area (Å²) in [6.07, 6.45) is 1.92. The van der Waals surface area contributed by atoms with Crippen LogP contribution in [0.3, 0.4) is 0 Å². The lowest BCUT2D eigenvalue weighted by Crippen LogP contribution is -2.42. The Morgan fingerprint density at radius 1 is 1.50 bits per heavy atom. The van der Waals surface area contributed by atoms with Crippen LogP contribution in [0.1, 0.15) is 12.0 Å². The molecule has 1 fully saturated rings. The molecule has 1 aliphatic heterocycles. The van der Waals surface area contributed by atoms with Crippen LogP contribution in [0.15, 0.2) is 24.3 Å². The second kappa shape index (κ2) is 5.64. The number of benzene rings is 1. The molecule has 0 radical (unpaired) electrons. The average molecular weight is 241 g/mol. The molecular formula is C12H17ClN2O. The van der Waals surface area contributed by atoms with Gasteiger partial charge in [-0.25, -0.2) is 0 Å². The van der Waals surface area contributed by atoms with Crippen LogP contribution < -0.4 is 11.3 Å². The van der Waals surface area contributed by atoms with Crippen LogP contribution in [0, 0.1) is 5.92 Å². The second-order valence-corrected chi connectivity index (χ2v) is 4.60. The van der Waals surface area contributed by atoms with E-state index in [1.807, 2.05) is 24.3 Å². The van der Waals surface area contributed by atoms with Crippen molar-refractivity contribution in [1.82, 2.24) is 5.43 Å². The van der Waals surface area contributed by atoms with Crippen LogP contribution >= 0.6 is 11.6 Å². The molecule has 0 amide bonds. The van der Waals surface area contributed by atoms with Gasteiger partial charge in [-0.1, -0.05) is 29.8 Å². The van der Waals surface area contributed by atoms with Gasteiger partial charge in [0.2, 0.25) is 0 Å². The summed E-state index contributed by atoms with van der Waals surface area (Å²) in [5.41, 5.74) is 4.02. The fourth-order valence-electron chi connectivity index (χ4n) is 2.13. The second-order valence-electron chi connectivity index (χ2n) is 4.19. The lowest BCUT2D eigenvalue weighted by atomic mass is 9.93. The van der Waals surface area contributed by atoms with Crippen molar-refractivity contribution < 1.29 is 4.74 Å². The Morgan fingerprint density at radius 2 is 2.31 bits per heavy atom. The smallest absolute Gasteiger partial charge is 0.0510 e. The lowest BCUT2D eigenvalue weighted by Gasteiger charge is -2.21. The van der Waals surface area contributed by atoms with Crippen molar-refractivity contribution in [2.24, 2.45) is 11.8 Å². The first-order chi connectivity index (χ1) is 7.81. The summed E-state index contributed by atoms with van der Waals surface area (Å²) in [5, 5.41) is 0.807. The summed E-state index contributed by atoms with van der Waals surface area (Å²) >= 11 is 6.13. The van der Waals surface area contributed by atoms with Crippen molar-refractivity contribution >= 4 is 11.6 Å². The highest BCUT2D eigenvalue weighted by atomic mass is 35.5. The molecule has 1 aliphatic rings. The summed E-state index contributed by atoms with van der Waals surface area (Å²) in [6.45, 7) is 1.63. The quantitative estimate of drug-likeness (QED) is 0.623. The third-order valence-corrected chi connectivity index (χ3v) is 3.51. The Labute approximate surface area is 101 Å². The van der Waals surface area contributed by atoms with E-state index in [1.54, 1.807) is 0 Å². The van der Waals surface area contributed by atoms with E-state index in [2.05, 4.69) is 5.43 Å². The Kier molecular flexibility index (Phi) is 4.18. The van der Waals surface area contributed by atoms with Crippen LogP contribution in [-0.4, -0.2) is 19.3 Å². The lowest BCUT2D eigenvalue weighted by molar-refractivity contribution is 0.176. The van der Waals surface area contributed by atoms with Crippen molar-refractivity contribution in [3.63, 3.8) is 0 Å². The van der Waals surface area contributed by atoms with Crippen molar-refractivity contribution in [2.75, 3.05) is 13.2 Å². The zero-order chi connectivity index (χ0) is 11.4. The van der Waals surface area contributed by atoms with E-state index in [4.69, 9.17) is 22.2 Å². The van der Waals surface area contributed by atoms with E-state index < -0.39 is 0 Å². The molecule has 0 bridgehead atoms. The number of hydrazine groups is 1. The van der Waals surface area contributed by atoms with Gasteiger partial charge in [-0.15, -0.1) is 0 Å². The number of ether oxygens (including phenoxy) is 1. The molecule has 3 nitrogen and oxygen atoms in total. The van der Waals surface area contributed by atoms with Crippen LogP contribution in [0.5, 0.6) is 0 Å². The third-order valence-electron chi connectivity index (χ3n) is 3.15. The van der Waals surface area contributed by atoms with E-state index in [0.717, 1.165) is 36.6 Å². The van der Waals surface area contributed by atoms with E-state index in [9.17, 15) is 0 Å². The summed E-state index contributed by atoms with van der Waals surface area (Å²) in [4.78, 5) is 0. The first-order valence-corrected chi connectivity index (χ1v) is 5.96. The average Bonchev–Trinajstić information content (AvgIpc) is 2.81. The molecule has 16 heavy (non-hydrogen) atoms. The highest BCUT2D eigenvalue weighted by molar-refractivity contribution is 6.31. The number of hydrogen-bond acceptors (Lipinski definition) is 3. The molecule has 1 saturated heterocycles. The van der Waals surface area contributed by atoms with Gasteiger partial charge in [-0.05, 0) is 24.5 Å². The van der Waals surface area contributed by atoms with Gasteiger partial charge in [0.15, 0.2) is 0 Å². The molecule has 0 spiro atoms. The summed E-state index contributed by atoms with van der Waals surface area (Å²) in [6, 6.07) is 8.13. The summed E-state index contributed by atoms with van der Waals surface area (Å²) in [5.74, 6) is 6.09. The fraction of sp³-hybridized carbons (Fsp3) is 0.500. The fourth-order valence-corrected chi connectivity index (χ4v) is 2.35. The number of hydrogen-bond donors (Lipinski definition) is 2. The summed E-state index contributed by atoms with van der Waals surface area (Å²) in [7, 11) is 0. The van der Waals surface area contributed by atoms with Gasteiger partial charge in [0, 0.05) is 23.6 Å². The molecule has 0 saturated carbocycles. The standard InChI is InChI=1S/C12H17ClN2O/c13-11-4-2-1-3-9(11)7-12(15-14)10-5-6-16-8-10/h1-4,10,12,15H,5-8,14H2. The molecule has 2 atom stereocenters. The molecule has 1 aromatic carbocycles. The zero-order valence-corrected chi connectivity index (χ0v) is 9.91. The number of halogens is 1. The topological polar surface area (TPSA) is 47.3 Å². The van der Waals surface area contributed by atoms with E-state index in [1.165, 1.54) is 0 Å². The van der Waals surface area contributed by atoms with Crippen LogP contribution in [0.25, 0.3) is 0 Å². The minimum atomic E-state index is 0.238. The largest absolute Gasteiger partial charge is 0.381 e. The molecular weight excluding hydrogens is 224 g/mol. The summed E-state index contributed by atoms with van der Waals surface area (Å²) < 4.78 is 5.38. The van der Waals surface area contributed by atoms with Crippen molar-refractivity contribution in [1.29, 1.82) is 0 Å². The first kappa shape index (κ1) is 11.9. The molecule has 3 N–H and O–H groups in total. The van der Waals surface area contributed by atoms with Crippen molar-refractivity contribution in [3.8, 4) is 0 Å². The maximum absolute atomic E-state index is 6.13. The molecule has 4 heteroatoms. The van der Waals surface area contributed by atoms with Crippen LogP contribution in [0.2, 0.25) is 5.02 Å². The van der Waals surface area contributed by atoms with Crippen molar-refractivity contribution in [3.05, 3.63) is 34.9 Å². The minimum absolute atomic E-state index is 0.238. The first-order valence-electron chi connectivity index (χ1n) is 5.58. The predicted octanol–water partition coefficient (Wildman–Crippen LogP) is 1.75. The van der Waals surface area contributed by atoms with Gasteiger partial charge < -0.3 is 4.74 Å². The Hall–Kier alpha value is -0.610. The molecule has 88 valence electrons. The highest BCUT2D eigenvalue weighted by Gasteiger charge is 2.25. The molecule has 2 unspecified atom stereocenters. The Morgan fingerprint density at radius 3 is 2.94 bits per heavy atom. The van der Waals surface area contributed by atoms with Gasteiger partial charge in [0.1, 0.15) is 0 Å². The number of nitrogens with two attached hydrogens (primary N) is 1. The normalized spacial score (nSPS) is 22.2. The predicted molar refractivity (Wildman–Crippen MR) is 65.2 cm³/mol. The Bertz CT molecular complexity index is 340. The van der Waals surface area contributed by atoms with E-state index >= 15 is 0 Å². The monoisotopic (exact) mass is 240 g/mol. The van der Waals surface area contributed by atoms with Gasteiger partial charge in [0.05, 0.1) is 6.61 Å². The third kappa shape index (κ3) is 2.74.